The molecule has 0 bridgehead atoms. The summed E-state index contributed by atoms with van der Waals surface area (Å²) in [4.78, 5) is 6.28. The first-order valence-corrected chi connectivity index (χ1v) is 8.46. The average Bonchev–Trinajstić information content (AvgIpc) is 3.07. The summed E-state index contributed by atoms with van der Waals surface area (Å²) in [7, 11) is -1.17. The van der Waals surface area contributed by atoms with Gasteiger partial charge in [-0.1, -0.05) is 5.16 Å². The number of nitrogens with zero attached hydrogens (tertiary/aromatic N) is 3. The lowest BCUT2D eigenvalue weighted by atomic mass is 10.2. The Kier molecular flexibility index (Phi) is 3.96. The molecule has 0 spiro atoms. The quantitative estimate of drug-likeness (QED) is 0.782. The molecule has 1 fully saturated rings. The van der Waals surface area contributed by atoms with Crippen molar-refractivity contribution in [3.63, 3.8) is 0 Å². The summed E-state index contributed by atoms with van der Waals surface area (Å²) in [6.07, 6.45) is 3.51. The van der Waals surface area contributed by atoms with Crippen molar-refractivity contribution in [2.75, 3.05) is 13.3 Å². The van der Waals surface area contributed by atoms with Crippen LogP contribution in [-0.4, -0.2) is 48.1 Å². The van der Waals surface area contributed by atoms with Crippen molar-refractivity contribution in [3.05, 3.63) is 11.7 Å². The third kappa shape index (κ3) is 3.54. The number of aromatic nitrogens is 2. The van der Waals surface area contributed by atoms with Gasteiger partial charge in [-0.2, -0.15) is 4.98 Å². The number of sulfone groups is 1. The Balaban J connectivity index is 1.97. The molecule has 0 aliphatic heterocycles. The Labute approximate surface area is 114 Å². The second-order valence-corrected chi connectivity index (χ2v) is 7.92. The molecule has 6 nitrogen and oxygen atoms in total. The lowest BCUT2D eigenvalue weighted by molar-refractivity contribution is 0.235. The Morgan fingerprint density at radius 1 is 1.42 bits per heavy atom. The van der Waals surface area contributed by atoms with Crippen LogP contribution in [-0.2, 0) is 16.4 Å². The fourth-order valence-electron chi connectivity index (χ4n) is 1.91. The average molecular weight is 287 g/mol. The van der Waals surface area contributed by atoms with Gasteiger partial charge in [-0.3, -0.25) is 4.90 Å². The normalized spacial score (nSPS) is 19.6. The Morgan fingerprint density at radius 3 is 2.58 bits per heavy atom. The first-order chi connectivity index (χ1) is 8.79. The lowest BCUT2D eigenvalue weighted by Crippen LogP contribution is -2.41. The van der Waals surface area contributed by atoms with Crippen LogP contribution in [0.3, 0.4) is 0 Å². The molecule has 19 heavy (non-hydrogen) atoms. The van der Waals surface area contributed by atoms with E-state index in [1.165, 1.54) is 6.26 Å². The maximum Gasteiger partial charge on any atom is 0.229 e. The predicted molar refractivity (Wildman–Crippen MR) is 71.5 cm³/mol. The zero-order valence-electron chi connectivity index (χ0n) is 11.8. The van der Waals surface area contributed by atoms with E-state index in [4.69, 9.17) is 4.52 Å². The summed E-state index contributed by atoms with van der Waals surface area (Å²) in [5.74, 6) is 1.78. The van der Waals surface area contributed by atoms with Crippen LogP contribution in [0, 0.1) is 0 Å². The van der Waals surface area contributed by atoms with Gasteiger partial charge in [0.05, 0.1) is 11.8 Å². The van der Waals surface area contributed by atoms with Gasteiger partial charge in [0.1, 0.15) is 0 Å². The summed E-state index contributed by atoms with van der Waals surface area (Å²) in [6, 6.07) is -0.0992. The number of hydrogen-bond acceptors (Lipinski definition) is 6. The fraction of sp³-hybridized carbons (Fsp3) is 0.833. The fourth-order valence-corrected chi connectivity index (χ4v) is 2.83. The van der Waals surface area contributed by atoms with E-state index in [-0.39, 0.29) is 6.04 Å². The minimum atomic E-state index is -3.04. The van der Waals surface area contributed by atoms with Gasteiger partial charge < -0.3 is 4.52 Å². The van der Waals surface area contributed by atoms with Crippen molar-refractivity contribution in [1.82, 2.24) is 15.0 Å². The third-order valence-corrected chi connectivity index (χ3v) is 5.60. The molecule has 2 rings (SSSR count). The van der Waals surface area contributed by atoms with Gasteiger partial charge in [-0.05, 0) is 33.7 Å². The molecule has 2 unspecified atom stereocenters. The molecule has 1 aliphatic rings. The number of rotatable bonds is 6. The van der Waals surface area contributed by atoms with E-state index < -0.39 is 15.1 Å². The molecule has 0 radical (unpaired) electrons. The standard InChI is InChI=1S/C12H21N3O3S/c1-8(9(2)19(4,16)17)15(3)7-11-13-12(18-14-11)10-5-6-10/h8-10H,5-7H2,1-4H3. The minimum Gasteiger partial charge on any atom is -0.339 e. The maximum absolute atomic E-state index is 11.6. The summed E-state index contributed by atoms with van der Waals surface area (Å²) in [6.45, 7) is 4.12. The van der Waals surface area contributed by atoms with Crippen LogP contribution in [0.2, 0.25) is 0 Å². The van der Waals surface area contributed by atoms with Crippen molar-refractivity contribution < 1.29 is 12.9 Å². The van der Waals surface area contributed by atoms with Crippen LogP contribution in [0.5, 0.6) is 0 Å². The van der Waals surface area contributed by atoms with Crippen molar-refractivity contribution in [2.45, 2.75) is 50.4 Å². The molecule has 1 heterocycles. The first kappa shape index (κ1) is 14.5. The summed E-state index contributed by atoms with van der Waals surface area (Å²) >= 11 is 0. The van der Waals surface area contributed by atoms with Gasteiger partial charge in [0, 0.05) is 18.2 Å². The Morgan fingerprint density at radius 2 is 2.05 bits per heavy atom. The van der Waals surface area contributed by atoms with E-state index in [1.807, 2.05) is 18.9 Å². The Bertz CT molecular complexity index is 536. The molecule has 108 valence electrons. The zero-order chi connectivity index (χ0) is 14.2. The van der Waals surface area contributed by atoms with Gasteiger partial charge in [0.2, 0.25) is 5.89 Å². The van der Waals surface area contributed by atoms with E-state index in [9.17, 15) is 8.42 Å². The van der Waals surface area contributed by atoms with E-state index >= 15 is 0 Å². The molecule has 0 saturated heterocycles. The van der Waals surface area contributed by atoms with Crippen LogP contribution >= 0.6 is 0 Å². The highest BCUT2D eigenvalue weighted by Crippen LogP contribution is 2.38. The summed E-state index contributed by atoms with van der Waals surface area (Å²) in [5.41, 5.74) is 0. The van der Waals surface area contributed by atoms with Crippen LogP contribution < -0.4 is 0 Å². The van der Waals surface area contributed by atoms with Gasteiger partial charge in [-0.15, -0.1) is 0 Å². The van der Waals surface area contributed by atoms with E-state index in [1.54, 1.807) is 6.92 Å². The topological polar surface area (TPSA) is 76.3 Å². The molecule has 0 aromatic carbocycles. The van der Waals surface area contributed by atoms with Crippen molar-refractivity contribution in [3.8, 4) is 0 Å². The molecule has 0 N–H and O–H groups in total. The Hall–Kier alpha value is -0.950. The van der Waals surface area contributed by atoms with Crippen molar-refractivity contribution >= 4 is 9.84 Å². The highest BCUT2D eigenvalue weighted by molar-refractivity contribution is 7.91. The zero-order valence-corrected chi connectivity index (χ0v) is 12.6. The first-order valence-electron chi connectivity index (χ1n) is 6.50. The van der Waals surface area contributed by atoms with Gasteiger partial charge in [0.15, 0.2) is 15.7 Å². The monoisotopic (exact) mass is 287 g/mol. The smallest absolute Gasteiger partial charge is 0.229 e. The molecule has 1 aromatic heterocycles. The van der Waals surface area contributed by atoms with E-state index in [2.05, 4.69) is 10.1 Å². The van der Waals surface area contributed by atoms with Crippen LogP contribution in [0.1, 0.15) is 44.3 Å². The number of hydrogen-bond donors (Lipinski definition) is 0. The van der Waals surface area contributed by atoms with Crippen LogP contribution in [0.15, 0.2) is 4.52 Å². The maximum atomic E-state index is 11.6. The SMILES string of the molecule is CC(C(C)S(C)(=O)=O)N(C)Cc1noc(C2CC2)n1. The predicted octanol–water partition coefficient (Wildman–Crippen LogP) is 1.20. The second-order valence-electron chi connectivity index (χ2n) is 5.51. The molecule has 1 saturated carbocycles. The largest absolute Gasteiger partial charge is 0.339 e. The van der Waals surface area contributed by atoms with Crippen LogP contribution in [0.25, 0.3) is 0 Å². The molecule has 0 amide bonds. The second kappa shape index (κ2) is 5.20. The van der Waals surface area contributed by atoms with Crippen molar-refractivity contribution in [1.29, 1.82) is 0 Å². The molecular formula is C12H21N3O3S. The van der Waals surface area contributed by atoms with E-state index in [0.29, 0.717) is 24.2 Å². The van der Waals surface area contributed by atoms with Gasteiger partial charge in [0.25, 0.3) is 0 Å². The molecular weight excluding hydrogens is 266 g/mol. The van der Waals surface area contributed by atoms with Crippen LogP contribution in [0.4, 0.5) is 0 Å². The summed E-state index contributed by atoms with van der Waals surface area (Å²) in [5, 5.41) is 3.52. The molecule has 7 heteroatoms. The highest BCUT2D eigenvalue weighted by Gasteiger charge is 2.30. The summed E-state index contributed by atoms with van der Waals surface area (Å²) < 4.78 is 28.3. The molecule has 1 aromatic rings. The third-order valence-electron chi connectivity index (χ3n) is 3.85. The van der Waals surface area contributed by atoms with Gasteiger partial charge in [-0.25, -0.2) is 8.42 Å². The van der Waals surface area contributed by atoms with E-state index in [0.717, 1.165) is 12.8 Å². The lowest BCUT2D eigenvalue weighted by Gasteiger charge is -2.27. The highest BCUT2D eigenvalue weighted by atomic mass is 32.2. The van der Waals surface area contributed by atoms with Crippen molar-refractivity contribution in [2.24, 2.45) is 0 Å². The minimum absolute atomic E-state index is 0.0992. The van der Waals surface area contributed by atoms with Gasteiger partial charge >= 0.3 is 0 Å². The molecule has 2 atom stereocenters. The molecule has 1 aliphatic carbocycles.